The van der Waals surface area contributed by atoms with Gasteiger partial charge in [-0.05, 0) is 92.9 Å². The Bertz CT molecular complexity index is 592. The lowest BCUT2D eigenvalue weighted by molar-refractivity contribution is -0.123. The number of ether oxygens (including phenoxy) is 1. The lowest BCUT2D eigenvalue weighted by Crippen LogP contribution is -2.56. The number of amides is 1. The number of nitrogens with one attached hydrogen (secondary N) is 1. The fourth-order valence-corrected chi connectivity index (χ4v) is 6.67. The van der Waals surface area contributed by atoms with E-state index in [0.29, 0.717) is 17.2 Å². The molecule has 0 aliphatic heterocycles. The minimum absolute atomic E-state index is 0.170. The van der Waals surface area contributed by atoms with E-state index in [1.165, 1.54) is 38.5 Å². The molecule has 0 unspecified atom stereocenters. The first-order valence-corrected chi connectivity index (χ1v) is 10.6. The number of methoxy groups -OCH3 is 1. The molecule has 3 nitrogen and oxygen atoms in total. The van der Waals surface area contributed by atoms with E-state index in [1.807, 2.05) is 24.3 Å². The van der Waals surface area contributed by atoms with Gasteiger partial charge in [-0.2, -0.15) is 0 Å². The third kappa shape index (κ3) is 3.55. The Kier molecular flexibility index (Phi) is 4.74. The molecular formula is C21H29NO2S. The zero-order valence-corrected chi connectivity index (χ0v) is 16.1. The van der Waals surface area contributed by atoms with Gasteiger partial charge in [-0.25, -0.2) is 0 Å². The van der Waals surface area contributed by atoms with Gasteiger partial charge < -0.3 is 10.1 Å². The third-order valence-corrected chi connectivity index (χ3v) is 7.82. The Balaban J connectivity index is 1.31. The van der Waals surface area contributed by atoms with Crippen LogP contribution in [-0.2, 0) is 4.79 Å². The van der Waals surface area contributed by atoms with Crippen LogP contribution in [0.4, 0.5) is 0 Å². The largest absolute Gasteiger partial charge is 0.497 e. The van der Waals surface area contributed by atoms with Crippen LogP contribution in [-0.4, -0.2) is 24.8 Å². The van der Waals surface area contributed by atoms with E-state index in [0.717, 1.165) is 28.4 Å². The molecule has 136 valence electrons. The van der Waals surface area contributed by atoms with E-state index in [4.69, 9.17) is 4.74 Å². The Morgan fingerprint density at radius 1 is 1.16 bits per heavy atom. The highest BCUT2D eigenvalue weighted by molar-refractivity contribution is 8.00. The molecule has 1 atom stereocenters. The molecule has 4 aliphatic rings. The van der Waals surface area contributed by atoms with Crippen LogP contribution in [0.3, 0.4) is 0 Å². The van der Waals surface area contributed by atoms with Gasteiger partial charge in [0.05, 0.1) is 12.9 Å². The van der Waals surface area contributed by atoms with Gasteiger partial charge in [0, 0.05) is 10.9 Å². The summed E-state index contributed by atoms with van der Waals surface area (Å²) in [5, 5.41) is 3.35. The molecule has 0 aromatic heterocycles. The van der Waals surface area contributed by atoms with Crippen LogP contribution < -0.4 is 10.1 Å². The molecule has 4 bridgehead atoms. The number of thioether (sulfide) groups is 1. The summed E-state index contributed by atoms with van der Waals surface area (Å²) in [6, 6.07) is 8.22. The van der Waals surface area contributed by atoms with Gasteiger partial charge in [0.25, 0.3) is 0 Å². The Hall–Kier alpha value is -1.16. The summed E-state index contributed by atoms with van der Waals surface area (Å²) >= 11 is 1.60. The summed E-state index contributed by atoms with van der Waals surface area (Å²) in [5.74, 6) is 4.30. The zero-order valence-electron chi connectivity index (χ0n) is 15.3. The fraction of sp³-hybridized carbons (Fsp3) is 0.667. The van der Waals surface area contributed by atoms with Crippen LogP contribution in [0.5, 0.6) is 5.75 Å². The number of carbonyl (C=O) groups excluding carboxylic acids is 1. The number of benzene rings is 1. The van der Waals surface area contributed by atoms with Crippen LogP contribution in [0.15, 0.2) is 29.2 Å². The Morgan fingerprint density at radius 2 is 1.72 bits per heavy atom. The maximum atomic E-state index is 12.5. The van der Waals surface area contributed by atoms with E-state index in [2.05, 4.69) is 12.2 Å². The molecule has 1 N–H and O–H groups in total. The van der Waals surface area contributed by atoms with Gasteiger partial charge in [-0.3, -0.25) is 4.79 Å². The second-order valence-electron chi connectivity index (χ2n) is 8.53. The number of rotatable bonds is 6. The molecule has 25 heavy (non-hydrogen) atoms. The minimum Gasteiger partial charge on any atom is -0.497 e. The molecule has 0 saturated heterocycles. The van der Waals surface area contributed by atoms with E-state index < -0.39 is 0 Å². The molecule has 0 heterocycles. The van der Waals surface area contributed by atoms with Crippen molar-refractivity contribution in [2.75, 3.05) is 12.9 Å². The topological polar surface area (TPSA) is 38.3 Å². The SMILES string of the molecule is COc1ccc(SCC(=O)N[C@@H](C)C23CC4CC(CC(C4)C2)C3)cc1. The fourth-order valence-electron chi connectivity index (χ4n) is 5.97. The van der Waals surface area contributed by atoms with Crippen molar-refractivity contribution in [1.82, 2.24) is 5.32 Å². The van der Waals surface area contributed by atoms with Gasteiger partial charge in [-0.15, -0.1) is 11.8 Å². The predicted molar refractivity (Wildman–Crippen MR) is 102 cm³/mol. The molecule has 4 heteroatoms. The monoisotopic (exact) mass is 359 g/mol. The number of hydrogen-bond donors (Lipinski definition) is 1. The van der Waals surface area contributed by atoms with Gasteiger partial charge >= 0.3 is 0 Å². The normalized spacial score (nSPS) is 33.9. The van der Waals surface area contributed by atoms with Crippen LogP contribution in [0, 0.1) is 23.2 Å². The average molecular weight is 360 g/mol. The highest BCUT2D eigenvalue weighted by Gasteiger charge is 2.53. The molecule has 4 saturated carbocycles. The van der Waals surface area contributed by atoms with Crippen molar-refractivity contribution >= 4 is 17.7 Å². The highest BCUT2D eigenvalue weighted by atomic mass is 32.2. The highest BCUT2D eigenvalue weighted by Crippen LogP contribution is 2.61. The van der Waals surface area contributed by atoms with Gasteiger partial charge in [0.1, 0.15) is 5.75 Å². The smallest absolute Gasteiger partial charge is 0.230 e. The van der Waals surface area contributed by atoms with Gasteiger partial charge in [0.2, 0.25) is 5.91 Å². The first-order chi connectivity index (χ1) is 12.1. The van der Waals surface area contributed by atoms with Crippen LogP contribution in [0.2, 0.25) is 0 Å². The summed E-state index contributed by atoms with van der Waals surface area (Å²) in [5.41, 5.74) is 0.384. The summed E-state index contributed by atoms with van der Waals surface area (Å²) < 4.78 is 5.18. The third-order valence-electron chi connectivity index (χ3n) is 6.81. The second-order valence-corrected chi connectivity index (χ2v) is 9.58. The molecule has 5 rings (SSSR count). The van der Waals surface area contributed by atoms with Crippen LogP contribution >= 0.6 is 11.8 Å². The maximum absolute atomic E-state index is 12.5. The van der Waals surface area contributed by atoms with Crippen molar-refractivity contribution in [2.45, 2.75) is 56.4 Å². The minimum atomic E-state index is 0.170. The maximum Gasteiger partial charge on any atom is 0.230 e. The molecular weight excluding hydrogens is 330 g/mol. The lowest BCUT2D eigenvalue weighted by atomic mass is 9.48. The van der Waals surface area contributed by atoms with Crippen molar-refractivity contribution in [3.8, 4) is 5.75 Å². The molecule has 4 fully saturated rings. The molecule has 4 aliphatic carbocycles. The molecule has 0 spiro atoms. The summed E-state index contributed by atoms with van der Waals surface area (Å²) in [6.45, 7) is 2.25. The molecule has 1 aromatic rings. The van der Waals surface area contributed by atoms with Crippen molar-refractivity contribution in [2.24, 2.45) is 23.2 Å². The number of carbonyl (C=O) groups is 1. The molecule has 1 amide bonds. The van der Waals surface area contributed by atoms with Crippen LogP contribution in [0.25, 0.3) is 0 Å². The second kappa shape index (κ2) is 6.86. The Morgan fingerprint density at radius 3 is 2.24 bits per heavy atom. The van der Waals surface area contributed by atoms with Crippen molar-refractivity contribution < 1.29 is 9.53 Å². The molecule has 1 aromatic carbocycles. The summed E-state index contributed by atoms with van der Waals surface area (Å²) in [4.78, 5) is 13.6. The summed E-state index contributed by atoms with van der Waals surface area (Å²) in [6.07, 6.45) is 8.37. The number of hydrogen-bond acceptors (Lipinski definition) is 3. The van der Waals surface area contributed by atoms with E-state index in [-0.39, 0.29) is 5.91 Å². The first-order valence-electron chi connectivity index (χ1n) is 9.62. The standard InChI is InChI=1S/C21H29NO2S/c1-14(21-10-15-7-16(11-21)9-17(8-15)12-21)22-20(23)13-25-19-5-3-18(24-2)4-6-19/h3-6,14-17H,7-13H2,1-2H3,(H,22,23)/t14-,15?,16?,17?,21?/m0/s1. The van der Waals surface area contributed by atoms with Crippen molar-refractivity contribution in [3.05, 3.63) is 24.3 Å². The lowest BCUT2D eigenvalue weighted by Gasteiger charge is -2.59. The first kappa shape index (κ1) is 17.3. The van der Waals surface area contributed by atoms with Crippen molar-refractivity contribution in [1.29, 1.82) is 0 Å². The quantitative estimate of drug-likeness (QED) is 0.760. The summed E-state index contributed by atoms with van der Waals surface area (Å²) in [7, 11) is 1.67. The van der Waals surface area contributed by atoms with E-state index >= 15 is 0 Å². The molecule has 0 radical (unpaired) electrons. The van der Waals surface area contributed by atoms with Gasteiger partial charge in [0.15, 0.2) is 0 Å². The van der Waals surface area contributed by atoms with Crippen molar-refractivity contribution in [3.63, 3.8) is 0 Å². The average Bonchev–Trinajstić information content (AvgIpc) is 2.59. The Labute approximate surface area is 155 Å². The van der Waals surface area contributed by atoms with E-state index in [1.54, 1.807) is 18.9 Å². The van der Waals surface area contributed by atoms with Gasteiger partial charge in [-0.1, -0.05) is 0 Å². The predicted octanol–water partition coefficient (Wildman–Crippen LogP) is 4.51. The van der Waals surface area contributed by atoms with E-state index in [9.17, 15) is 4.79 Å². The zero-order chi connectivity index (χ0) is 17.4. The van der Waals surface area contributed by atoms with Crippen LogP contribution in [0.1, 0.15) is 45.4 Å².